The van der Waals surface area contributed by atoms with E-state index in [4.69, 9.17) is 16.3 Å². The molecule has 0 aliphatic carbocycles. The summed E-state index contributed by atoms with van der Waals surface area (Å²) in [6, 6.07) is 18.8. The van der Waals surface area contributed by atoms with Gasteiger partial charge in [-0.2, -0.15) is 0 Å². The molecule has 0 aromatic heterocycles. The number of nitrogens with zero attached hydrogens (tertiary/aromatic N) is 2. The van der Waals surface area contributed by atoms with Crippen molar-refractivity contribution >= 4 is 17.5 Å². The number of amides is 1. The number of benzene rings is 3. The average Bonchev–Trinajstić information content (AvgIpc) is 2.81. The highest BCUT2D eigenvalue weighted by molar-refractivity contribution is 6.31. The highest BCUT2D eigenvalue weighted by atomic mass is 35.5. The van der Waals surface area contributed by atoms with E-state index in [0.29, 0.717) is 16.1 Å². The number of likely N-dealkylation sites (tertiary alicyclic amines) is 1. The number of ether oxygens (including phenoxy) is 1. The van der Waals surface area contributed by atoms with E-state index in [1.165, 1.54) is 13.2 Å². The maximum absolute atomic E-state index is 13.4. The lowest BCUT2D eigenvalue weighted by Gasteiger charge is -2.41. The first-order valence-corrected chi connectivity index (χ1v) is 10.9. The molecule has 0 spiro atoms. The van der Waals surface area contributed by atoms with Crippen LogP contribution in [0, 0.1) is 10.1 Å². The van der Waals surface area contributed by atoms with Crippen molar-refractivity contribution in [3.05, 3.63) is 105 Å². The fraction of sp³-hybridized carbons (Fsp3) is 0.240. The molecule has 1 heterocycles. The van der Waals surface area contributed by atoms with Gasteiger partial charge in [0.2, 0.25) is 11.9 Å². The highest BCUT2D eigenvalue weighted by Crippen LogP contribution is 2.45. The van der Waals surface area contributed by atoms with Gasteiger partial charge >= 0.3 is 0 Å². The van der Waals surface area contributed by atoms with Crippen LogP contribution in [0.5, 0.6) is 11.5 Å². The van der Waals surface area contributed by atoms with E-state index in [1.54, 1.807) is 41.3 Å². The number of phenolic OH excluding ortho intramolecular Hbond substituents is 1. The minimum Gasteiger partial charge on any atom is -0.504 e. The Bertz CT molecular complexity index is 1170. The third kappa shape index (κ3) is 4.50. The molecule has 7 nitrogen and oxygen atoms in total. The summed E-state index contributed by atoms with van der Waals surface area (Å²) in [5, 5.41) is 23.0. The van der Waals surface area contributed by atoms with Gasteiger partial charge in [0.15, 0.2) is 11.5 Å². The molecule has 33 heavy (non-hydrogen) atoms. The largest absolute Gasteiger partial charge is 0.504 e. The van der Waals surface area contributed by atoms with Crippen LogP contribution in [-0.4, -0.2) is 34.0 Å². The third-order valence-electron chi connectivity index (χ3n) is 6.08. The molecule has 0 radical (unpaired) electrons. The zero-order valence-corrected chi connectivity index (χ0v) is 18.7. The van der Waals surface area contributed by atoms with Gasteiger partial charge in [-0.3, -0.25) is 14.9 Å². The van der Waals surface area contributed by atoms with Gasteiger partial charge in [0.05, 0.1) is 13.0 Å². The van der Waals surface area contributed by atoms with Crippen LogP contribution in [0.1, 0.15) is 35.1 Å². The first-order valence-electron chi connectivity index (χ1n) is 10.5. The average molecular weight is 467 g/mol. The second-order valence-corrected chi connectivity index (χ2v) is 8.40. The first-order chi connectivity index (χ1) is 15.9. The predicted molar refractivity (Wildman–Crippen MR) is 124 cm³/mol. The molecule has 1 N–H and O–H groups in total. The summed E-state index contributed by atoms with van der Waals surface area (Å²) in [5.41, 5.74) is 1.94. The molecule has 0 bridgehead atoms. The van der Waals surface area contributed by atoms with Gasteiger partial charge in [-0.25, -0.2) is 0 Å². The highest BCUT2D eigenvalue weighted by Gasteiger charge is 2.51. The molecule has 0 saturated carbocycles. The number of rotatable bonds is 6. The van der Waals surface area contributed by atoms with Crippen molar-refractivity contribution in [3.63, 3.8) is 0 Å². The van der Waals surface area contributed by atoms with Gasteiger partial charge in [-0.15, -0.1) is 0 Å². The number of piperidine rings is 1. The number of phenols is 1. The fourth-order valence-electron chi connectivity index (χ4n) is 4.54. The minimum atomic E-state index is -1.15. The molecule has 3 aromatic carbocycles. The summed E-state index contributed by atoms with van der Waals surface area (Å²) in [4.78, 5) is 27.2. The summed E-state index contributed by atoms with van der Waals surface area (Å²) in [6.45, 7) is 0.215. The van der Waals surface area contributed by atoms with Crippen molar-refractivity contribution < 1.29 is 19.6 Å². The standard InChI is InChI=1S/C25H23ClN2O5/c1-33-22-13-17(11-12-21(22)29)24-25(28(31)32)19(18-9-5-6-10-20(18)26)14-23(30)27(24)15-16-7-3-2-4-8-16/h2-13,19,24-25,29H,14-15H2,1H3/t19-,24+,25-/m0/s1. The molecule has 1 aliphatic rings. The SMILES string of the molecule is COc1cc([C@@H]2[C@@H]([N+](=O)[O-])[C@H](c3ccccc3Cl)CC(=O)N2Cc2ccccc2)ccc1O. The Balaban J connectivity index is 1.86. The summed E-state index contributed by atoms with van der Waals surface area (Å²) >= 11 is 6.40. The minimum absolute atomic E-state index is 0.0338. The van der Waals surface area contributed by atoms with Crippen LogP contribution in [0.3, 0.4) is 0 Å². The van der Waals surface area contributed by atoms with Crippen molar-refractivity contribution in [3.8, 4) is 11.5 Å². The van der Waals surface area contributed by atoms with Crippen molar-refractivity contribution in [2.24, 2.45) is 0 Å². The molecule has 1 amide bonds. The van der Waals surface area contributed by atoms with E-state index >= 15 is 0 Å². The van der Waals surface area contributed by atoms with Gasteiger partial charge < -0.3 is 14.7 Å². The molecule has 0 unspecified atom stereocenters. The third-order valence-corrected chi connectivity index (χ3v) is 6.42. The van der Waals surface area contributed by atoms with Crippen LogP contribution < -0.4 is 4.74 Å². The van der Waals surface area contributed by atoms with E-state index in [0.717, 1.165) is 5.56 Å². The molecule has 1 saturated heterocycles. The van der Waals surface area contributed by atoms with E-state index in [-0.39, 0.29) is 35.3 Å². The number of nitro groups is 1. The van der Waals surface area contributed by atoms with E-state index in [9.17, 15) is 20.0 Å². The molecule has 4 rings (SSSR count). The first kappa shape index (κ1) is 22.6. The van der Waals surface area contributed by atoms with E-state index < -0.39 is 18.0 Å². The molecule has 170 valence electrons. The van der Waals surface area contributed by atoms with Crippen LogP contribution in [0.15, 0.2) is 72.8 Å². The van der Waals surface area contributed by atoms with Gasteiger partial charge in [0.25, 0.3) is 0 Å². The molecule has 3 aromatic rings. The lowest BCUT2D eigenvalue weighted by atomic mass is 9.78. The van der Waals surface area contributed by atoms with Gasteiger partial charge in [0, 0.05) is 22.9 Å². The number of carbonyl (C=O) groups is 1. The Morgan fingerprint density at radius 1 is 1.12 bits per heavy atom. The summed E-state index contributed by atoms with van der Waals surface area (Å²) in [5.74, 6) is -0.822. The maximum atomic E-state index is 13.4. The molecular weight excluding hydrogens is 444 g/mol. The Hall–Kier alpha value is -3.58. The zero-order valence-electron chi connectivity index (χ0n) is 17.9. The van der Waals surface area contributed by atoms with Crippen molar-refractivity contribution in [2.45, 2.75) is 31.0 Å². The second kappa shape index (κ2) is 9.50. The van der Waals surface area contributed by atoms with Crippen LogP contribution in [0.2, 0.25) is 5.02 Å². The molecule has 1 fully saturated rings. The van der Waals surface area contributed by atoms with E-state index in [1.807, 2.05) is 30.3 Å². The fourth-order valence-corrected chi connectivity index (χ4v) is 4.82. The number of hydrogen-bond acceptors (Lipinski definition) is 5. The smallest absolute Gasteiger partial charge is 0.244 e. The number of hydrogen-bond donors (Lipinski definition) is 1. The van der Waals surface area contributed by atoms with Gasteiger partial charge in [-0.1, -0.05) is 66.2 Å². The van der Waals surface area contributed by atoms with Crippen LogP contribution in [0.4, 0.5) is 0 Å². The Kier molecular flexibility index (Phi) is 6.51. The van der Waals surface area contributed by atoms with Crippen LogP contribution in [-0.2, 0) is 11.3 Å². The Morgan fingerprint density at radius 3 is 2.48 bits per heavy atom. The topological polar surface area (TPSA) is 92.9 Å². The monoisotopic (exact) mass is 466 g/mol. The normalized spacial score (nSPS) is 20.5. The summed E-state index contributed by atoms with van der Waals surface area (Å²) in [7, 11) is 1.41. The summed E-state index contributed by atoms with van der Waals surface area (Å²) < 4.78 is 5.24. The van der Waals surface area contributed by atoms with E-state index in [2.05, 4.69) is 0 Å². The number of carbonyl (C=O) groups excluding carboxylic acids is 1. The van der Waals surface area contributed by atoms with Crippen molar-refractivity contribution in [1.82, 2.24) is 4.90 Å². The zero-order chi connectivity index (χ0) is 23.5. The Morgan fingerprint density at radius 2 is 1.82 bits per heavy atom. The number of halogens is 1. The molecule has 1 aliphatic heterocycles. The predicted octanol–water partition coefficient (Wildman–Crippen LogP) is 4.96. The number of methoxy groups -OCH3 is 1. The Labute approximate surface area is 196 Å². The lowest BCUT2D eigenvalue weighted by Crippen LogP contribution is -2.51. The van der Waals surface area contributed by atoms with Crippen molar-refractivity contribution in [1.29, 1.82) is 0 Å². The molecule has 8 heteroatoms. The van der Waals surface area contributed by atoms with Crippen molar-refractivity contribution in [2.75, 3.05) is 7.11 Å². The molecule has 3 atom stereocenters. The van der Waals surface area contributed by atoms with Crippen LogP contribution >= 0.6 is 11.6 Å². The van der Waals surface area contributed by atoms with Gasteiger partial charge in [-0.05, 0) is 34.9 Å². The summed E-state index contributed by atoms with van der Waals surface area (Å²) in [6.07, 6.45) is -0.0338. The van der Waals surface area contributed by atoms with Crippen LogP contribution in [0.25, 0.3) is 0 Å². The van der Waals surface area contributed by atoms with Gasteiger partial charge in [0.1, 0.15) is 6.04 Å². The second-order valence-electron chi connectivity index (χ2n) is 7.99. The molecular formula is C25H23ClN2O5. The quantitative estimate of drug-likeness (QED) is 0.409. The maximum Gasteiger partial charge on any atom is 0.244 e. The number of aromatic hydroxyl groups is 1. The lowest BCUT2D eigenvalue weighted by molar-refractivity contribution is -0.537.